The number of rotatable bonds is 2. The molecule has 0 aromatic heterocycles. The molecule has 0 saturated carbocycles. The molecule has 178 valence electrons. The maximum absolute atomic E-state index is 13.4. The number of benzene rings is 5. The van der Waals surface area contributed by atoms with Gasteiger partial charge in [0.05, 0.1) is 11.3 Å². The fourth-order valence-electron chi connectivity index (χ4n) is 5.29. The van der Waals surface area contributed by atoms with Gasteiger partial charge in [-0.05, 0) is 51.7 Å². The molecular formula is C32H19F3N2. The molecule has 1 aliphatic rings. The third kappa shape index (κ3) is 3.61. The predicted molar refractivity (Wildman–Crippen MR) is 141 cm³/mol. The molecular weight excluding hydrogens is 469 g/mol. The van der Waals surface area contributed by atoms with E-state index in [2.05, 4.69) is 17.1 Å². The Kier molecular flexibility index (Phi) is 5.20. The molecule has 5 heteroatoms. The normalized spacial score (nSPS) is 14.4. The number of aryl methyl sites for hydroxylation is 1. The van der Waals surface area contributed by atoms with Crippen molar-refractivity contribution >= 4 is 38.4 Å². The molecule has 0 aliphatic heterocycles. The van der Waals surface area contributed by atoms with Crippen LogP contribution < -0.4 is 10.4 Å². The maximum atomic E-state index is 13.4. The van der Waals surface area contributed by atoms with Gasteiger partial charge in [-0.15, -0.1) is 0 Å². The van der Waals surface area contributed by atoms with Crippen molar-refractivity contribution in [3.05, 3.63) is 130 Å². The van der Waals surface area contributed by atoms with Crippen molar-refractivity contribution in [1.29, 1.82) is 5.26 Å². The lowest BCUT2D eigenvalue weighted by atomic mass is 9.94. The fourth-order valence-corrected chi connectivity index (χ4v) is 5.29. The van der Waals surface area contributed by atoms with Crippen LogP contribution in [0.5, 0.6) is 0 Å². The quantitative estimate of drug-likeness (QED) is 0.202. The molecule has 1 aliphatic carbocycles. The summed E-state index contributed by atoms with van der Waals surface area (Å²) in [6, 6.07) is 29.2. The number of hydrogen-bond acceptors (Lipinski definition) is 2. The van der Waals surface area contributed by atoms with E-state index in [1.54, 1.807) is 0 Å². The van der Waals surface area contributed by atoms with Gasteiger partial charge in [0.2, 0.25) is 6.19 Å². The number of aliphatic imine (C=N–C) groups is 1. The van der Waals surface area contributed by atoms with Gasteiger partial charge < -0.3 is 0 Å². The van der Waals surface area contributed by atoms with Crippen molar-refractivity contribution in [1.82, 2.24) is 0 Å². The Morgan fingerprint density at radius 2 is 1.05 bits per heavy atom. The monoisotopic (exact) mass is 488 g/mol. The number of hydrogen-bond donors (Lipinski definition) is 0. The summed E-state index contributed by atoms with van der Waals surface area (Å²) in [6.07, 6.45) is -2.49. The second-order valence-electron chi connectivity index (χ2n) is 9.09. The number of nitriles is 1. The van der Waals surface area contributed by atoms with Crippen molar-refractivity contribution in [3.63, 3.8) is 0 Å². The van der Waals surface area contributed by atoms with E-state index in [1.807, 2.05) is 73.8 Å². The summed E-state index contributed by atoms with van der Waals surface area (Å²) < 4.78 is 40.1. The predicted octanol–water partition coefficient (Wildman–Crippen LogP) is 6.65. The van der Waals surface area contributed by atoms with E-state index in [0.29, 0.717) is 16.8 Å². The number of halogens is 3. The molecule has 0 unspecified atom stereocenters. The van der Waals surface area contributed by atoms with Gasteiger partial charge in [0.15, 0.2) is 0 Å². The zero-order chi connectivity index (χ0) is 25.7. The molecule has 0 atom stereocenters. The highest BCUT2D eigenvalue weighted by Gasteiger charge is 2.31. The van der Waals surface area contributed by atoms with Crippen molar-refractivity contribution in [2.24, 2.45) is 4.99 Å². The molecule has 0 radical (unpaired) electrons. The molecule has 0 saturated heterocycles. The maximum Gasteiger partial charge on any atom is 0.416 e. The molecule has 6 rings (SSSR count). The molecule has 0 N–H and O–H groups in total. The molecule has 0 bridgehead atoms. The van der Waals surface area contributed by atoms with Gasteiger partial charge in [-0.25, -0.2) is 0 Å². The lowest BCUT2D eigenvalue weighted by Crippen LogP contribution is -2.27. The second-order valence-corrected chi connectivity index (χ2v) is 9.09. The molecule has 37 heavy (non-hydrogen) atoms. The third-order valence-electron chi connectivity index (χ3n) is 6.91. The Labute approximate surface area is 210 Å². The van der Waals surface area contributed by atoms with Gasteiger partial charge in [0.25, 0.3) is 0 Å². The van der Waals surface area contributed by atoms with Crippen LogP contribution >= 0.6 is 0 Å². The Balaban J connectivity index is 1.87. The highest BCUT2D eigenvalue weighted by atomic mass is 19.4. The van der Waals surface area contributed by atoms with Crippen LogP contribution in [0.25, 0.3) is 32.7 Å². The lowest BCUT2D eigenvalue weighted by molar-refractivity contribution is -0.137. The SMILES string of the molecule is Cc1ccc(C2=c3c(c4ccccc4c4ccccc34)=C(c3ccc(C(F)(F)F)cc3)C2=NC#N)cc1. The molecule has 0 fully saturated rings. The number of alkyl halides is 3. The van der Waals surface area contributed by atoms with Gasteiger partial charge in [-0.1, -0.05) is 90.5 Å². The van der Waals surface area contributed by atoms with Gasteiger partial charge >= 0.3 is 6.18 Å². The van der Waals surface area contributed by atoms with Crippen molar-refractivity contribution in [2.45, 2.75) is 13.1 Å². The Morgan fingerprint density at radius 1 is 0.622 bits per heavy atom. The molecule has 0 spiro atoms. The van der Waals surface area contributed by atoms with Crippen LogP contribution in [-0.2, 0) is 6.18 Å². The van der Waals surface area contributed by atoms with Gasteiger partial charge in [0.1, 0.15) is 0 Å². The van der Waals surface area contributed by atoms with Crippen LogP contribution in [-0.4, -0.2) is 5.71 Å². The van der Waals surface area contributed by atoms with Crippen LogP contribution in [0.1, 0.15) is 22.3 Å². The largest absolute Gasteiger partial charge is 0.416 e. The first-order chi connectivity index (χ1) is 17.9. The van der Waals surface area contributed by atoms with Gasteiger partial charge in [-0.2, -0.15) is 23.4 Å². The minimum atomic E-state index is -4.44. The first-order valence-corrected chi connectivity index (χ1v) is 11.8. The van der Waals surface area contributed by atoms with Crippen LogP contribution in [0.3, 0.4) is 0 Å². The van der Waals surface area contributed by atoms with E-state index in [9.17, 15) is 18.4 Å². The van der Waals surface area contributed by atoms with Gasteiger partial charge in [-0.3, -0.25) is 0 Å². The Bertz CT molecular complexity index is 1910. The van der Waals surface area contributed by atoms with Crippen LogP contribution in [0.4, 0.5) is 13.2 Å². The van der Waals surface area contributed by atoms with E-state index in [0.717, 1.165) is 60.8 Å². The van der Waals surface area contributed by atoms with E-state index in [-0.39, 0.29) is 0 Å². The standard InChI is InChI=1S/C32H19F3N2/c1-19-10-12-20(13-11-19)27-29-25-8-4-2-6-23(25)24-7-3-5-9-26(24)30(29)28(31(27)37-18-36)21-14-16-22(17-15-21)32(33,34)35/h2-17H,1H3. The molecule has 2 nitrogen and oxygen atoms in total. The minimum Gasteiger partial charge on any atom is -0.172 e. The van der Waals surface area contributed by atoms with E-state index < -0.39 is 11.7 Å². The van der Waals surface area contributed by atoms with Crippen LogP contribution in [0.2, 0.25) is 0 Å². The van der Waals surface area contributed by atoms with E-state index in [1.165, 1.54) is 12.1 Å². The first kappa shape index (κ1) is 22.8. The molecule has 0 heterocycles. The zero-order valence-corrected chi connectivity index (χ0v) is 19.8. The summed E-state index contributed by atoms with van der Waals surface area (Å²) in [4.78, 5) is 4.29. The summed E-state index contributed by atoms with van der Waals surface area (Å²) in [5.74, 6) is 0. The number of nitrogens with zero attached hydrogens (tertiary/aromatic N) is 2. The zero-order valence-electron chi connectivity index (χ0n) is 19.8. The van der Waals surface area contributed by atoms with Crippen molar-refractivity contribution in [3.8, 4) is 6.19 Å². The third-order valence-corrected chi connectivity index (χ3v) is 6.91. The average Bonchev–Trinajstić information content (AvgIpc) is 3.24. The highest BCUT2D eigenvalue weighted by molar-refractivity contribution is 6.48. The summed E-state index contributed by atoms with van der Waals surface area (Å²) in [5, 5.41) is 15.6. The number of fused-ring (bicyclic) bond motifs is 6. The molecule has 5 aromatic carbocycles. The summed E-state index contributed by atoms with van der Waals surface area (Å²) in [6.45, 7) is 2.00. The van der Waals surface area contributed by atoms with Crippen molar-refractivity contribution < 1.29 is 13.2 Å². The Hall–Kier alpha value is -4.69. The minimum absolute atomic E-state index is 0.461. The van der Waals surface area contributed by atoms with E-state index in [4.69, 9.17) is 0 Å². The molecule has 5 aromatic rings. The summed E-state index contributed by atoms with van der Waals surface area (Å²) in [7, 11) is 0. The summed E-state index contributed by atoms with van der Waals surface area (Å²) in [5.41, 5.74) is 3.75. The lowest BCUT2D eigenvalue weighted by Gasteiger charge is -2.12. The van der Waals surface area contributed by atoms with Crippen molar-refractivity contribution in [2.75, 3.05) is 0 Å². The summed E-state index contributed by atoms with van der Waals surface area (Å²) >= 11 is 0. The Morgan fingerprint density at radius 3 is 1.49 bits per heavy atom. The first-order valence-electron chi connectivity index (χ1n) is 11.8. The fraction of sp³-hybridized carbons (Fsp3) is 0.0625. The smallest absolute Gasteiger partial charge is 0.172 e. The topological polar surface area (TPSA) is 36.1 Å². The van der Waals surface area contributed by atoms with Crippen LogP contribution in [0.15, 0.2) is 102 Å². The average molecular weight is 489 g/mol. The van der Waals surface area contributed by atoms with Crippen LogP contribution in [0, 0.1) is 18.4 Å². The second kappa shape index (κ2) is 8.46. The highest BCUT2D eigenvalue weighted by Crippen LogP contribution is 2.33. The van der Waals surface area contributed by atoms with E-state index >= 15 is 0 Å². The van der Waals surface area contributed by atoms with Gasteiger partial charge in [0, 0.05) is 21.6 Å². The molecule has 0 amide bonds.